The topological polar surface area (TPSA) is 50.7 Å². The van der Waals surface area contributed by atoms with Crippen molar-refractivity contribution in [2.45, 2.75) is 13.5 Å². The summed E-state index contributed by atoms with van der Waals surface area (Å²) in [5.41, 5.74) is 6.31. The molecule has 0 heterocycles. The number of hydrogen-bond donors (Lipinski definition) is 1. The van der Waals surface area contributed by atoms with Gasteiger partial charge in [-0.15, -0.1) is 0 Å². The van der Waals surface area contributed by atoms with Crippen molar-refractivity contribution >= 4 is 54.8 Å². The standard InChI is InChI=1S/C26H20Br2N2O2/c1-17-6-4-7-18(12-17)16-32-25-23(27)13-19(14-24(25)28)15-29-30-26(31)22-11-5-9-20-8-2-3-10-21(20)22/h2-15H,16H2,1H3,(H,30,31)/b29-15-. The molecule has 0 bridgehead atoms. The van der Waals surface area contributed by atoms with Crippen LogP contribution < -0.4 is 10.2 Å². The van der Waals surface area contributed by atoms with Crippen molar-refractivity contribution in [1.82, 2.24) is 5.43 Å². The van der Waals surface area contributed by atoms with Gasteiger partial charge in [0.25, 0.3) is 5.91 Å². The summed E-state index contributed by atoms with van der Waals surface area (Å²) >= 11 is 7.13. The summed E-state index contributed by atoms with van der Waals surface area (Å²) in [5, 5.41) is 6.04. The van der Waals surface area contributed by atoms with Gasteiger partial charge in [0, 0.05) is 5.56 Å². The second kappa shape index (κ2) is 10.1. The number of aryl methyl sites for hydroxylation is 1. The van der Waals surface area contributed by atoms with E-state index in [0.717, 1.165) is 30.8 Å². The molecule has 0 spiro atoms. The maximum Gasteiger partial charge on any atom is 0.271 e. The Morgan fingerprint density at radius 1 is 0.969 bits per heavy atom. The smallest absolute Gasteiger partial charge is 0.271 e. The molecule has 0 atom stereocenters. The molecule has 0 aliphatic carbocycles. The van der Waals surface area contributed by atoms with Gasteiger partial charge in [-0.1, -0.05) is 66.2 Å². The minimum absolute atomic E-state index is 0.255. The molecule has 0 saturated heterocycles. The molecule has 4 aromatic rings. The Balaban J connectivity index is 1.44. The van der Waals surface area contributed by atoms with Crippen molar-refractivity contribution < 1.29 is 9.53 Å². The summed E-state index contributed by atoms with van der Waals surface area (Å²) in [6, 6.07) is 25.4. The van der Waals surface area contributed by atoms with Crippen LogP contribution in [0.15, 0.2) is 92.9 Å². The van der Waals surface area contributed by atoms with E-state index in [1.54, 1.807) is 12.3 Å². The van der Waals surface area contributed by atoms with Gasteiger partial charge >= 0.3 is 0 Å². The number of carbonyl (C=O) groups excluding carboxylic acids is 1. The first-order valence-corrected chi connectivity index (χ1v) is 11.6. The van der Waals surface area contributed by atoms with Crippen LogP contribution in [0, 0.1) is 6.92 Å². The normalized spacial score (nSPS) is 11.1. The molecule has 0 saturated carbocycles. The third-order valence-corrected chi connectivity index (χ3v) is 6.08. The Hall–Kier alpha value is -2.96. The maximum absolute atomic E-state index is 12.6. The highest BCUT2D eigenvalue weighted by atomic mass is 79.9. The van der Waals surface area contributed by atoms with Crippen LogP contribution in [-0.4, -0.2) is 12.1 Å². The lowest BCUT2D eigenvalue weighted by atomic mass is 10.0. The Bertz CT molecular complexity index is 1290. The van der Waals surface area contributed by atoms with Gasteiger partial charge in [-0.25, -0.2) is 5.43 Å². The molecule has 6 heteroatoms. The van der Waals surface area contributed by atoms with E-state index in [1.807, 2.05) is 60.7 Å². The van der Waals surface area contributed by atoms with Gasteiger partial charge in [0.05, 0.1) is 15.2 Å². The largest absolute Gasteiger partial charge is 0.487 e. The molecule has 0 aromatic heterocycles. The van der Waals surface area contributed by atoms with Crippen molar-refractivity contribution in [2.24, 2.45) is 5.10 Å². The Morgan fingerprint density at radius 2 is 1.69 bits per heavy atom. The molecule has 4 rings (SSSR count). The molecule has 160 valence electrons. The maximum atomic E-state index is 12.6. The molecule has 1 N–H and O–H groups in total. The second-order valence-electron chi connectivity index (χ2n) is 7.32. The van der Waals surface area contributed by atoms with Crippen molar-refractivity contribution in [2.75, 3.05) is 0 Å². The summed E-state index contributed by atoms with van der Waals surface area (Å²) in [6.07, 6.45) is 1.60. The molecule has 4 nitrogen and oxygen atoms in total. The number of fused-ring (bicyclic) bond motifs is 1. The highest BCUT2D eigenvalue weighted by Crippen LogP contribution is 2.35. The summed E-state index contributed by atoms with van der Waals surface area (Å²) in [4.78, 5) is 12.6. The van der Waals surface area contributed by atoms with Crippen molar-refractivity contribution in [1.29, 1.82) is 0 Å². The predicted molar refractivity (Wildman–Crippen MR) is 136 cm³/mol. The SMILES string of the molecule is Cc1cccc(COc2c(Br)cc(/C=N\NC(=O)c3cccc4ccccc34)cc2Br)c1. The molecule has 1 amide bonds. The van der Waals surface area contributed by atoms with Crippen molar-refractivity contribution in [3.05, 3.63) is 110 Å². The van der Waals surface area contributed by atoms with E-state index in [4.69, 9.17) is 4.74 Å². The monoisotopic (exact) mass is 550 g/mol. The van der Waals surface area contributed by atoms with Crippen LogP contribution in [0.3, 0.4) is 0 Å². The number of hydrazone groups is 1. The first-order valence-electron chi connectivity index (χ1n) is 10.00. The van der Waals surface area contributed by atoms with E-state index in [0.29, 0.717) is 17.9 Å². The first kappa shape index (κ1) is 22.2. The molecular weight excluding hydrogens is 532 g/mol. The van der Waals surface area contributed by atoms with Gasteiger partial charge in [0.15, 0.2) is 0 Å². The third kappa shape index (κ3) is 5.26. The van der Waals surface area contributed by atoms with Gasteiger partial charge in [0.2, 0.25) is 0 Å². The number of halogens is 2. The number of amides is 1. The van der Waals surface area contributed by atoms with E-state index in [-0.39, 0.29) is 5.91 Å². The number of ether oxygens (including phenoxy) is 1. The van der Waals surface area contributed by atoms with Crippen LogP contribution in [0.5, 0.6) is 5.75 Å². The van der Waals surface area contributed by atoms with Gasteiger partial charge < -0.3 is 4.74 Å². The van der Waals surface area contributed by atoms with Crippen LogP contribution in [-0.2, 0) is 6.61 Å². The molecular formula is C26H20Br2N2O2. The quantitative estimate of drug-likeness (QED) is 0.207. The van der Waals surface area contributed by atoms with Gasteiger partial charge in [0.1, 0.15) is 12.4 Å². The third-order valence-electron chi connectivity index (χ3n) is 4.90. The summed E-state index contributed by atoms with van der Waals surface area (Å²) in [7, 11) is 0. The second-order valence-corrected chi connectivity index (χ2v) is 9.03. The van der Waals surface area contributed by atoms with E-state index in [2.05, 4.69) is 61.4 Å². The van der Waals surface area contributed by atoms with Crippen molar-refractivity contribution in [3.63, 3.8) is 0 Å². The zero-order chi connectivity index (χ0) is 22.5. The van der Waals surface area contributed by atoms with Gasteiger partial charge in [-0.05, 0) is 78.9 Å². The van der Waals surface area contributed by atoms with Gasteiger partial charge in [-0.3, -0.25) is 4.79 Å². The molecule has 0 radical (unpaired) electrons. The number of hydrogen-bond acceptors (Lipinski definition) is 3. The van der Waals surface area contributed by atoms with Crippen LogP contribution in [0.1, 0.15) is 27.0 Å². The Kier molecular flexibility index (Phi) is 7.02. The molecule has 0 aliphatic heterocycles. The van der Waals surface area contributed by atoms with Crippen LogP contribution >= 0.6 is 31.9 Å². The zero-order valence-corrected chi connectivity index (χ0v) is 20.5. The molecule has 0 fully saturated rings. The van der Waals surface area contributed by atoms with E-state index < -0.39 is 0 Å². The van der Waals surface area contributed by atoms with E-state index >= 15 is 0 Å². The summed E-state index contributed by atoms with van der Waals surface area (Å²) in [5.74, 6) is 0.456. The predicted octanol–water partition coefficient (Wildman–Crippen LogP) is 7.02. The minimum atomic E-state index is -0.255. The number of benzene rings is 4. The average Bonchev–Trinajstić information content (AvgIpc) is 2.78. The van der Waals surface area contributed by atoms with Crippen LogP contribution in [0.2, 0.25) is 0 Å². The lowest BCUT2D eigenvalue weighted by molar-refractivity contribution is 0.0957. The zero-order valence-electron chi connectivity index (χ0n) is 17.3. The first-order chi connectivity index (χ1) is 15.5. The fourth-order valence-electron chi connectivity index (χ4n) is 3.40. The number of nitrogens with one attached hydrogen (secondary N) is 1. The summed E-state index contributed by atoms with van der Waals surface area (Å²) < 4.78 is 7.58. The average molecular weight is 552 g/mol. The van der Waals surface area contributed by atoms with Crippen molar-refractivity contribution in [3.8, 4) is 5.75 Å². The highest BCUT2D eigenvalue weighted by molar-refractivity contribution is 9.11. The van der Waals surface area contributed by atoms with E-state index in [9.17, 15) is 4.79 Å². The lowest BCUT2D eigenvalue weighted by Crippen LogP contribution is -2.17. The number of rotatable bonds is 6. The fraction of sp³-hybridized carbons (Fsp3) is 0.0769. The highest BCUT2D eigenvalue weighted by Gasteiger charge is 2.10. The Labute approximate surface area is 203 Å². The molecule has 4 aromatic carbocycles. The number of carbonyl (C=O) groups is 1. The Morgan fingerprint density at radius 3 is 2.47 bits per heavy atom. The minimum Gasteiger partial charge on any atom is -0.487 e. The summed E-state index contributed by atoms with van der Waals surface area (Å²) in [6.45, 7) is 2.52. The fourth-order valence-corrected chi connectivity index (χ4v) is 4.85. The van der Waals surface area contributed by atoms with Gasteiger partial charge in [-0.2, -0.15) is 5.10 Å². The van der Waals surface area contributed by atoms with Crippen LogP contribution in [0.25, 0.3) is 10.8 Å². The lowest BCUT2D eigenvalue weighted by Gasteiger charge is -2.12. The van der Waals surface area contributed by atoms with E-state index in [1.165, 1.54) is 5.56 Å². The molecule has 0 aliphatic rings. The number of nitrogens with zero attached hydrogens (tertiary/aromatic N) is 1. The van der Waals surface area contributed by atoms with Crippen LogP contribution in [0.4, 0.5) is 0 Å². The molecule has 0 unspecified atom stereocenters. The molecule has 32 heavy (non-hydrogen) atoms.